The number of unbranched alkanes of at least 4 members (excludes halogenated alkanes) is 19. The fourth-order valence-electron chi connectivity index (χ4n) is 8.33. The first kappa shape index (κ1) is 60.3. The van der Waals surface area contributed by atoms with E-state index in [4.69, 9.17) is 17.2 Å². The third-order valence-corrected chi connectivity index (χ3v) is 12.3. The molecule has 0 aliphatic heterocycles. The van der Waals surface area contributed by atoms with Crippen LogP contribution in [0, 0.1) is 17.8 Å². The summed E-state index contributed by atoms with van der Waals surface area (Å²) in [6.45, 7) is 7.60. The van der Waals surface area contributed by atoms with Gasteiger partial charge in [0.15, 0.2) is 0 Å². The Morgan fingerprint density at radius 3 is 0.937 bits per heavy atom. The zero-order valence-electron chi connectivity index (χ0n) is 40.7. The van der Waals surface area contributed by atoms with Gasteiger partial charge in [0, 0.05) is 75.9 Å². The van der Waals surface area contributed by atoms with E-state index in [-0.39, 0.29) is 59.2 Å². The summed E-state index contributed by atoms with van der Waals surface area (Å²) < 4.78 is 0. The molecule has 0 heterocycles. The zero-order valence-corrected chi connectivity index (χ0v) is 40.7. The van der Waals surface area contributed by atoms with Crippen LogP contribution in [0.5, 0.6) is 0 Å². The molecule has 0 aliphatic carbocycles. The summed E-state index contributed by atoms with van der Waals surface area (Å²) in [5.74, 6) is -0.516. The Morgan fingerprint density at radius 2 is 0.635 bits per heavy atom. The monoisotopic (exact) mass is 891 g/mol. The van der Waals surface area contributed by atoms with Crippen LogP contribution in [0.4, 0.5) is 0 Å². The SMILES string of the molecule is CCCCCCCCCCCC(=O)CC(CCCCN)C(=O)NCCCCCCCC(=O)CC(CCCCN)C(=O)NCCCCCCCC(=O)CC(CCCCN)C(=O)NCC. The molecule has 9 N–H and O–H groups in total. The van der Waals surface area contributed by atoms with Crippen LogP contribution in [0.1, 0.15) is 232 Å². The lowest BCUT2D eigenvalue weighted by Crippen LogP contribution is -2.33. The number of hydrogen-bond donors (Lipinski definition) is 6. The van der Waals surface area contributed by atoms with Crippen molar-refractivity contribution in [2.45, 2.75) is 232 Å². The highest BCUT2D eigenvalue weighted by Gasteiger charge is 2.23. The maximum Gasteiger partial charge on any atom is 0.223 e. The number of ketones is 3. The molecule has 0 saturated heterocycles. The molecule has 368 valence electrons. The molecule has 0 saturated carbocycles. The molecule has 3 unspecified atom stereocenters. The van der Waals surface area contributed by atoms with Crippen LogP contribution >= 0.6 is 0 Å². The number of nitrogens with two attached hydrogens (primary N) is 3. The smallest absolute Gasteiger partial charge is 0.223 e. The fraction of sp³-hybridized carbons (Fsp3) is 0.882. The molecule has 3 atom stereocenters. The topological polar surface area (TPSA) is 217 Å². The minimum atomic E-state index is -0.332. The molecule has 0 rings (SSSR count). The van der Waals surface area contributed by atoms with E-state index in [1.54, 1.807) is 0 Å². The third-order valence-electron chi connectivity index (χ3n) is 12.3. The lowest BCUT2D eigenvalue weighted by atomic mass is 9.93. The van der Waals surface area contributed by atoms with Crippen molar-refractivity contribution in [2.75, 3.05) is 39.3 Å². The molecule has 0 aromatic rings. The first-order chi connectivity index (χ1) is 30.6. The van der Waals surface area contributed by atoms with Gasteiger partial charge in [0.2, 0.25) is 17.7 Å². The minimum Gasteiger partial charge on any atom is -0.356 e. The van der Waals surface area contributed by atoms with Crippen LogP contribution < -0.4 is 33.2 Å². The summed E-state index contributed by atoms with van der Waals surface area (Å²) in [5, 5.41) is 9.01. The number of hydrogen-bond acceptors (Lipinski definition) is 9. The largest absolute Gasteiger partial charge is 0.356 e. The summed E-state index contributed by atoms with van der Waals surface area (Å²) >= 11 is 0. The molecule has 0 aliphatic rings. The van der Waals surface area contributed by atoms with Crippen molar-refractivity contribution in [1.82, 2.24) is 16.0 Å². The van der Waals surface area contributed by atoms with Crippen molar-refractivity contribution in [3.63, 3.8) is 0 Å². The summed E-state index contributed by atoms with van der Waals surface area (Å²) in [4.78, 5) is 76.9. The zero-order chi connectivity index (χ0) is 46.6. The molecule has 3 amide bonds. The first-order valence-corrected chi connectivity index (χ1v) is 26.1. The molecule has 0 aromatic heterocycles. The van der Waals surface area contributed by atoms with Gasteiger partial charge >= 0.3 is 0 Å². The normalized spacial score (nSPS) is 12.7. The first-order valence-electron chi connectivity index (χ1n) is 26.1. The quantitative estimate of drug-likeness (QED) is 0.0321. The lowest BCUT2D eigenvalue weighted by Gasteiger charge is -2.17. The van der Waals surface area contributed by atoms with Crippen LogP contribution in [0.15, 0.2) is 0 Å². The molecular formula is C51H98N6O6. The van der Waals surface area contributed by atoms with E-state index in [2.05, 4.69) is 22.9 Å². The number of amides is 3. The number of carbonyl (C=O) groups excluding carboxylic acids is 6. The number of carbonyl (C=O) groups is 6. The van der Waals surface area contributed by atoms with Crippen LogP contribution in [0.25, 0.3) is 0 Å². The average Bonchev–Trinajstić information content (AvgIpc) is 3.26. The van der Waals surface area contributed by atoms with Gasteiger partial charge < -0.3 is 33.2 Å². The van der Waals surface area contributed by atoms with Crippen molar-refractivity contribution < 1.29 is 28.8 Å². The molecule has 12 nitrogen and oxygen atoms in total. The Balaban J connectivity index is 4.38. The van der Waals surface area contributed by atoms with E-state index in [1.165, 1.54) is 44.9 Å². The van der Waals surface area contributed by atoms with Crippen LogP contribution in [0.3, 0.4) is 0 Å². The van der Waals surface area contributed by atoms with Crippen LogP contribution in [-0.4, -0.2) is 74.3 Å². The molecule has 63 heavy (non-hydrogen) atoms. The summed E-state index contributed by atoms with van der Waals surface area (Å²) in [5.41, 5.74) is 17.0. The standard InChI is InChI=1S/C51H98N6O6/c1-3-5-6-7-8-9-10-13-18-32-47(59)41-44(30-22-25-36-53)50(62)56-39-28-17-12-15-20-34-48(60)42-45(31-23-26-37-54)51(63)57-38-27-16-11-14-19-33-46(58)40-43(29-21-24-35-52)49(61)55-4-2/h43-45H,3-42,52-54H2,1-2H3,(H,55,61)(H,56,62)(H,57,63). The van der Waals surface area contributed by atoms with Crippen molar-refractivity contribution >= 4 is 35.1 Å². The van der Waals surface area contributed by atoms with Crippen molar-refractivity contribution in [1.29, 1.82) is 0 Å². The van der Waals surface area contributed by atoms with Crippen molar-refractivity contribution in [3.8, 4) is 0 Å². The second-order valence-electron chi connectivity index (χ2n) is 18.3. The van der Waals surface area contributed by atoms with E-state index in [0.717, 1.165) is 116 Å². The van der Waals surface area contributed by atoms with Gasteiger partial charge in [-0.05, 0) is 97.2 Å². The van der Waals surface area contributed by atoms with Gasteiger partial charge in [-0.2, -0.15) is 0 Å². The average molecular weight is 891 g/mol. The maximum atomic E-state index is 13.1. The van der Waals surface area contributed by atoms with Crippen LogP contribution in [-0.2, 0) is 28.8 Å². The number of rotatable bonds is 48. The summed E-state index contributed by atoms with van der Waals surface area (Å²) in [7, 11) is 0. The van der Waals surface area contributed by atoms with Gasteiger partial charge in [0.1, 0.15) is 17.3 Å². The van der Waals surface area contributed by atoms with Gasteiger partial charge in [0.25, 0.3) is 0 Å². The van der Waals surface area contributed by atoms with Crippen molar-refractivity contribution in [2.24, 2.45) is 35.0 Å². The van der Waals surface area contributed by atoms with E-state index >= 15 is 0 Å². The Labute approximate surface area is 385 Å². The minimum absolute atomic E-state index is 0.0149. The van der Waals surface area contributed by atoms with E-state index in [9.17, 15) is 28.8 Å². The number of Topliss-reactive ketones (excluding diaryl/α,β-unsaturated/α-hetero) is 3. The van der Waals surface area contributed by atoms with Gasteiger partial charge in [-0.25, -0.2) is 0 Å². The molecule has 0 radical (unpaired) electrons. The van der Waals surface area contributed by atoms with Gasteiger partial charge in [-0.1, -0.05) is 116 Å². The fourth-order valence-corrected chi connectivity index (χ4v) is 8.33. The second kappa shape index (κ2) is 44.5. The van der Waals surface area contributed by atoms with E-state index < -0.39 is 0 Å². The third kappa shape index (κ3) is 37.2. The second-order valence-corrected chi connectivity index (χ2v) is 18.3. The highest BCUT2D eigenvalue weighted by Crippen LogP contribution is 2.20. The van der Waals surface area contributed by atoms with Crippen molar-refractivity contribution in [3.05, 3.63) is 0 Å². The Kier molecular flexibility index (Phi) is 42.6. The molecule has 0 aromatic carbocycles. The predicted octanol–water partition coefficient (Wildman–Crippen LogP) is 9.07. The van der Waals surface area contributed by atoms with Crippen LogP contribution in [0.2, 0.25) is 0 Å². The summed E-state index contributed by atoms with van der Waals surface area (Å²) in [6.07, 6.45) is 29.5. The summed E-state index contributed by atoms with van der Waals surface area (Å²) in [6, 6.07) is 0. The number of nitrogens with one attached hydrogen (secondary N) is 3. The maximum absolute atomic E-state index is 13.1. The van der Waals surface area contributed by atoms with E-state index in [1.807, 2.05) is 6.92 Å². The Bertz CT molecular complexity index is 1170. The lowest BCUT2D eigenvalue weighted by molar-refractivity contribution is -0.129. The van der Waals surface area contributed by atoms with E-state index in [0.29, 0.717) is 90.6 Å². The highest BCUT2D eigenvalue weighted by atomic mass is 16.2. The van der Waals surface area contributed by atoms with Gasteiger partial charge in [-0.15, -0.1) is 0 Å². The molecular weight excluding hydrogens is 793 g/mol. The predicted molar refractivity (Wildman–Crippen MR) is 260 cm³/mol. The molecule has 0 spiro atoms. The molecule has 12 heteroatoms. The Morgan fingerprint density at radius 1 is 0.349 bits per heavy atom. The van der Waals surface area contributed by atoms with Gasteiger partial charge in [-0.3, -0.25) is 28.8 Å². The molecule has 0 bridgehead atoms. The Hall–Kier alpha value is -2.70. The van der Waals surface area contributed by atoms with Gasteiger partial charge in [0.05, 0.1) is 0 Å². The molecule has 0 fully saturated rings. The highest BCUT2D eigenvalue weighted by molar-refractivity contribution is 5.88.